The van der Waals surface area contributed by atoms with Crippen molar-refractivity contribution in [3.63, 3.8) is 0 Å². The molecule has 2 rings (SSSR count). The van der Waals surface area contributed by atoms with Gasteiger partial charge in [0.05, 0.1) is 25.6 Å². The Kier molecular flexibility index (Phi) is 4.46. The molecule has 1 aliphatic rings. The van der Waals surface area contributed by atoms with E-state index >= 15 is 0 Å². The highest BCUT2D eigenvalue weighted by Gasteiger charge is 2.30. The molecular formula is C12H16N4O4. The van der Waals surface area contributed by atoms with Crippen LogP contribution < -0.4 is 10.2 Å². The molecular weight excluding hydrogens is 264 g/mol. The lowest BCUT2D eigenvalue weighted by atomic mass is 10.2. The van der Waals surface area contributed by atoms with E-state index in [1.54, 1.807) is 4.90 Å². The van der Waals surface area contributed by atoms with Crippen molar-refractivity contribution in [2.75, 3.05) is 31.2 Å². The number of rotatable bonds is 4. The quantitative estimate of drug-likeness (QED) is 0.767. The van der Waals surface area contributed by atoms with Crippen LogP contribution in [0, 0.1) is 0 Å². The van der Waals surface area contributed by atoms with Crippen LogP contribution in [0.5, 0.6) is 0 Å². The lowest BCUT2D eigenvalue weighted by molar-refractivity contribution is -0.124. The number of nitrogens with zero attached hydrogens (tertiary/aromatic N) is 3. The van der Waals surface area contributed by atoms with Crippen molar-refractivity contribution in [1.82, 2.24) is 15.3 Å². The Morgan fingerprint density at radius 1 is 1.50 bits per heavy atom. The molecule has 0 bridgehead atoms. The minimum atomic E-state index is -1.13. The second-order valence-corrected chi connectivity index (χ2v) is 4.24. The second kappa shape index (κ2) is 6.29. The van der Waals surface area contributed by atoms with E-state index < -0.39 is 12.0 Å². The number of ether oxygens (including phenoxy) is 1. The number of anilines is 1. The molecule has 0 spiro atoms. The average Bonchev–Trinajstić information content (AvgIpc) is 2.47. The van der Waals surface area contributed by atoms with Crippen LogP contribution in [0.2, 0.25) is 0 Å². The molecule has 1 unspecified atom stereocenters. The number of amides is 1. The molecule has 0 aromatic carbocycles. The number of carbonyl (C=O) groups excluding carboxylic acids is 1. The van der Waals surface area contributed by atoms with Gasteiger partial charge < -0.3 is 20.1 Å². The van der Waals surface area contributed by atoms with E-state index in [9.17, 15) is 9.59 Å². The summed E-state index contributed by atoms with van der Waals surface area (Å²) in [6, 6.07) is -0.478. The molecule has 1 aliphatic heterocycles. The van der Waals surface area contributed by atoms with Crippen LogP contribution in [0.25, 0.3) is 0 Å². The highest BCUT2D eigenvalue weighted by atomic mass is 16.5. The van der Waals surface area contributed by atoms with Crippen LogP contribution in [0.3, 0.4) is 0 Å². The van der Waals surface area contributed by atoms with Gasteiger partial charge in [0.2, 0.25) is 5.91 Å². The molecule has 0 radical (unpaired) electrons. The molecule has 108 valence electrons. The highest BCUT2D eigenvalue weighted by molar-refractivity contribution is 5.86. The Morgan fingerprint density at radius 3 is 2.90 bits per heavy atom. The van der Waals surface area contributed by atoms with Gasteiger partial charge in [0.1, 0.15) is 11.9 Å². The number of aromatic nitrogens is 2. The van der Waals surface area contributed by atoms with Crippen LogP contribution in [-0.4, -0.2) is 59.3 Å². The fraction of sp³-hybridized carbons (Fsp3) is 0.500. The zero-order chi connectivity index (χ0) is 14.5. The Balaban J connectivity index is 2.18. The van der Waals surface area contributed by atoms with Crippen LogP contribution in [0.15, 0.2) is 12.4 Å². The maximum absolute atomic E-state index is 12.0. The number of carboxylic acid groups (broad SMARTS) is 1. The van der Waals surface area contributed by atoms with Crippen molar-refractivity contribution < 1.29 is 19.4 Å². The molecule has 1 saturated heterocycles. The van der Waals surface area contributed by atoms with Gasteiger partial charge in [-0.25, -0.2) is 14.8 Å². The summed E-state index contributed by atoms with van der Waals surface area (Å²) in [6.45, 7) is 3.63. The molecule has 2 N–H and O–H groups in total. The average molecular weight is 280 g/mol. The number of hydrogen-bond donors (Lipinski definition) is 2. The van der Waals surface area contributed by atoms with Crippen molar-refractivity contribution in [2.45, 2.75) is 13.0 Å². The first-order chi connectivity index (χ1) is 9.63. The van der Waals surface area contributed by atoms with E-state index in [0.29, 0.717) is 25.5 Å². The highest BCUT2D eigenvalue weighted by Crippen LogP contribution is 2.16. The fourth-order valence-electron chi connectivity index (χ4n) is 1.97. The van der Waals surface area contributed by atoms with Crippen molar-refractivity contribution in [3.8, 4) is 0 Å². The summed E-state index contributed by atoms with van der Waals surface area (Å²) in [5, 5.41) is 11.5. The third-order valence-electron chi connectivity index (χ3n) is 2.93. The predicted octanol–water partition coefficient (Wildman–Crippen LogP) is -0.484. The first kappa shape index (κ1) is 14.2. The molecule has 2 heterocycles. The summed E-state index contributed by atoms with van der Waals surface area (Å²) < 4.78 is 5.32. The zero-order valence-corrected chi connectivity index (χ0v) is 11.1. The molecule has 20 heavy (non-hydrogen) atoms. The van der Waals surface area contributed by atoms with Crippen LogP contribution in [0.1, 0.15) is 17.4 Å². The lowest BCUT2D eigenvalue weighted by Crippen LogP contribution is -2.54. The largest absolute Gasteiger partial charge is 0.476 e. The normalized spacial score (nSPS) is 18.6. The Bertz CT molecular complexity index is 491. The number of hydrogen-bond acceptors (Lipinski definition) is 6. The van der Waals surface area contributed by atoms with E-state index in [1.807, 2.05) is 6.92 Å². The van der Waals surface area contributed by atoms with E-state index in [4.69, 9.17) is 9.84 Å². The minimum Gasteiger partial charge on any atom is -0.476 e. The van der Waals surface area contributed by atoms with E-state index in [0.717, 1.165) is 0 Å². The SMILES string of the molecule is CCNC(=O)C1COCCN1c1cnc(C(=O)O)cn1. The second-order valence-electron chi connectivity index (χ2n) is 4.24. The third-order valence-corrected chi connectivity index (χ3v) is 2.93. The van der Waals surface area contributed by atoms with Gasteiger partial charge in [-0.3, -0.25) is 4.79 Å². The molecule has 1 amide bonds. The summed E-state index contributed by atoms with van der Waals surface area (Å²) in [5.41, 5.74) is -0.128. The maximum Gasteiger partial charge on any atom is 0.356 e. The van der Waals surface area contributed by atoms with Gasteiger partial charge in [-0.15, -0.1) is 0 Å². The van der Waals surface area contributed by atoms with Gasteiger partial charge in [0.15, 0.2) is 5.69 Å². The Labute approximate surface area is 115 Å². The molecule has 1 atom stereocenters. The summed E-state index contributed by atoms with van der Waals surface area (Å²) in [6.07, 6.45) is 2.54. The summed E-state index contributed by atoms with van der Waals surface area (Å²) >= 11 is 0. The zero-order valence-electron chi connectivity index (χ0n) is 11.1. The van der Waals surface area contributed by atoms with Gasteiger partial charge in [-0.05, 0) is 6.92 Å². The molecule has 1 aromatic heterocycles. The summed E-state index contributed by atoms with van der Waals surface area (Å²) in [5.74, 6) is -0.808. The molecule has 1 fully saturated rings. The standard InChI is InChI=1S/C12H16N4O4/c1-2-13-11(17)9-7-20-4-3-16(9)10-6-14-8(5-15-10)12(18)19/h5-6,9H,2-4,7H2,1H3,(H,13,17)(H,18,19). The van der Waals surface area contributed by atoms with Crippen molar-refractivity contribution in [3.05, 3.63) is 18.1 Å². The molecule has 1 aromatic rings. The summed E-state index contributed by atoms with van der Waals surface area (Å²) in [4.78, 5) is 32.4. The van der Waals surface area contributed by atoms with Gasteiger partial charge in [0.25, 0.3) is 0 Å². The number of morpholine rings is 1. The van der Waals surface area contributed by atoms with Crippen LogP contribution in [-0.2, 0) is 9.53 Å². The number of aromatic carboxylic acids is 1. The number of carboxylic acids is 1. The van der Waals surface area contributed by atoms with Crippen molar-refractivity contribution >= 4 is 17.7 Å². The fourth-order valence-corrected chi connectivity index (χ4v) is 1.97. The van der Waals surface area contributed by atoms with Crippen LogP contribution in [0.4, 0.5) is 5.82 Å². The lowest BCUT2D eigenvalue weighted by Gasteiger charge is -2.35. The van der Waals surface area contributed by atoms with Crippen molar-refractivity contribution in [1.29, 1.82) is 0 Å². The van der Waals surface area contributed by atoms with E-state index in [1.165, 1.54) is 12.4 Å². The monoisotopic (exact) mass is 280 g/mol. The Hall–Kier alpha value is -2.22. The predicted molar refractivity (Wildman–Crippen MR) is 69.6 cm³/mol. The first-order valence-corrected chi connectivity index (χ1v) is 6.31. The van der Waals surface area contributed by atoms with E-state index in [-0.39, 0.29) is 18.2 Å². The number of nitrogens with one attached hydrogen (secondary N) is 1. The maximum atomic E-state index is 12.0. The topological polar surface area (TPSA) is 105 Å². The number of carbonyl (C=O) groups is 2. The minimum absolute atomic E-state index is 0.128. The van der Waals surface area contributed by atoms with E-state index in [2.05, 4.69) is 15.3 Å². The smallest absolute Gasteiger partial charge is 0.356 e. The Morgan fingerprint density at radius 2 is 2.30 bits per heavy atom. The molecule has 8 heteroatoms. The number of likely N-dealkylation sites (N-methyl/N-ethyl adjacent to an activating group) is 1. The molecule has 8 nitrogen and oxygen atoms in total. The molecule has 0 aliphatic carbocycles. The van der Waals surface area contributed by atoms with Crippen molar-refractivity contribution in [2.24, 2.45) is 0 Å². The molecule has 0 saturated carbocycles. The van der Waals surface area contributed by atoms with Gasteiger partial charge in [0, 0.05) is 13.1 Å². The van der Waals surface area contributed by atoms with Gasteiger partial charge in [-0.1, -0.05) is 0 Å². The van der Waals surface area contributed by atoms with Crippen LogP contribution >= 0.6 is 0 Å². The van der Waals surface area contributed by atoms with Gasteiger partial charge >= 0.3 is 5.97 Å². The third kappa shape index (κ3) is 3.02. The summed E-state index contributed by atoms with van der Waals surface area (Å²) in [7, 11) is 0. The van der Waals surface area contributed by atoms with Gasteiger partial charge in [-0.2, -0.15) is 0 Å². The first-order valence-electron chi connectivity index (χ1n) is 6.31.